The number of hydrogen-bond acceptors (Lipinski definition) is 5. The Hall–Kier alpha value is -1.47. The van der Waals surface area contributed by atoms with Crippen molar-refractivity contribution in [1.29, 1.82) is 0 Å². The van der Waals surface area contributed by atoms with E-state index >= 15 is 0 Å². The van der Waals surface area contributed by atoms with Gasteiger partial charge in [-0.3, -0.25) is 19.7 Å². The second-order valence-electron chi connectivity index (χ2n) is 2.74. The third kappa shape index (κ3) is 3.97. The van der Waals surface area contributed by atoms with Gasteiger partial charge in [0.1, 0.15) is 0 Å². The fraction of sp³-hybridized carbons (Fsp3) is 0.571. The lowest BCUT2D eigenvalue weighted by Gasteiger charge is -2.13. The largest absolute Gasteiger partial charge is 0.480 e. The number of carbonyl (C=O) groups is 3. The van der Waals surface area contributed by atoms with Crippen LogP contribution in [0.25, 0.3) is 0 Å². The van der Waals surface area contributed by atoms with Crippen LogP contribution in [0.3, 0.4) is 0 Å². The zero-order chi connectivity index (χ0) is 11.3. The number of nitrogens with one attached hydrogen (secondary N) is 1. The van der Waals surface area contributed by atoms with E-state index in [1.165, 1.54) is 6.92 Å². The van der Waals surface area contributed by atoms with Crippen LogP contribution in [-0.4, -0.2) is 46.6 Å². The van der Waals surface area contributed by atoms with Gasteiger partial charge >= 0.3 is 11.9 Å². The summed E-state index contributed by atoms with van der Waals surface area (Å²) in [5, 5.41) is 18.9. The Morgan fingerprint density at radius 2 is 1.86 bits per heavy atom. The van der Waals surface area contributed by atoms with E-state index in [-0.39, 0.29) is 0 Å². The van der Waals surface area contributed by atoms with Gasteiger partial charge in [-0.15, -0.1) is 0 Å². The van der Waals surface area contributed by atoms with Crippen molar-refractivity contribution in [1.82, 2.24) is 5.32 Å². The normalized spacial score (nSPS) is 14.4. The molecule has 2 unspecified atom stereocenters. The third-order valence-corrected chi connectivity index (χ3v) is 1.44. The first-order chi connectivity index (χ1) is 6.36. The first-order valence-electron chi connectivity index (χ1n) is 3.83. The van der Waals surface area contributed by atoms with Crippen LogP contribution in [0.5, 0.6) is 0 Å². The molecule has 0 aromatic carbocycles. The molecule has 14 heavy (non-hydrogen) atoms. The van der Waals surface area contributed by atoms with Crippen molar-refractivity contribution in [2.75, 3.05) is 6.54 Å². The topological polar surface area (TPSA) is 130 Å². The molecule has 2 atom stereocenters. The van der Waals surface area contributed by atoms with E-state index in [4.69, 9.17) is 15.9 Å². The summed E-state index contributed by atoms with van der Waals surface area (Å²) in [7, 11) is 0. The van der Waals surface area contributed by atoms with E-state index in [0.29, 0.717) is 0 Å². The molecule has 0 saturated carbocycles. The fourth-order valence-electron chi connectivity index (χ4n) is 0.762. The molecule has 80 valence electrons. The molecule has 0 rings (SSSR count). The van der Waals surface area contributed by atoms with Gasteiger partial charge in [0.25, 0.3) is 0 Å². The highest BCUT2D eigenvalue weighted by atomic mass is 16.4. The molecule has 0 heterocycles. The highest BCUT2D eigenvalue weighted by Gasteiger charge is 2.28. The Kier molecular flexibility index (Phi) is 4.74. The van der Waals surface area contributed by atoms with Gasteiger partial charge < -0.3 is 15.9 Å². The predicted molar refractivity (Wildman–Crippen MR) is 45.7 cm³/mol. The number of carboxylic acids is 2. The van der Waals surface area contributed by atoms with Crippen molar-refractivity contribution in [2.24, 2.45) is 5.73 Å². The summed E-state index contributed by atoms with van der Waals surface area (Å²) < 4.78 is 0. The Bertz CT molecular complexity index is 250. The number of nitrogens with two attached hydrogens (primary N) is 1. The molecule has 0 aliphatic rings. The smallest absolute Gasteiger partial charge is 0.328 e. The van der Waals surface area contributed by atoms with E-state index in [0.717, 1.165) is 0 Å². The summed E-state index contributed by atoms with van der Waals surface area (Å²) in [5.41, 5.74) is 5.18. The fourth-order valence-corrected chi connectivity index (χ4v) is 0.762. The molecule has 7 heteroatoms. The van der Waals surface area contributed by atoms with Crippen LogP contribution >= 0.6 is 0 Å². The molecule has 0 spiro atoms. The monoisotopic (exact) mass is 204 g/mol. The first-order valence-corrected chi connectivity index (χ1v) is 3.83. The Morgan fingerprint density at radius 3 is 2.14 bits per heavy atom. The maximum Gasteiger partial charge on any atom is 0.328 e. The minimum Gasteiger partial charge on any atom is -0.480 e. The summed E-state index contributed by atoms with van der Waals surface area (Å²) in [5.74, 6) is -3.43. The maximum absolute atomic E-state index is 11.1. The molecule has 5 N–H and O–H groups in total. The minimum absolute atomic E-state index is 0.602. The number of Topliss-reactive ketones (excluding diaryl/α,β-unsaturated/α-hetero) is 1. The van der Waals surface area contributed by atoms with Gasteiger partial charge in [-0.25, -0.2) is 0 Å². The van der Waals surface area contributed by atoms with Gasteiger partial charge in [-0.2, -0.15) is 0 Å². The molecular weight excluding hydrogens is 192 g/mol. The maximum atomic E-state index is 11.1. The zero-order valence-electron chi connectivity index (χ0n) is 7.56. The molecule has 7 nitrogen and oxygen atoms in total. The zero-order valence-corrected chi connectivity index (χ0v) is 7.56. The molecular formula is C7H12N2O5. The lowest BCUT2D eigenvalue weighted by atomic mass is 10.1. The predicted octanol–water partition coefficient (Wildman–Crippen LogP) is -1.97. The number of carboxylic acid groups (broad SMARTS) is 2. The summed E-state index contributed by atoms with van der Waals surface area (Å²) in [6.45, 7) is 0.732. The summed E-state index contributed by atoms with van der Waals surface area (Å²) in [4.78, 5) is 31.8. The molecule has 0 saturated heterocycles. The summed E-state index contributed by atoms with van der Waals surface area (Å²) >= 11 is 0. The van der Waals surface area contributed by atoms with Crippen LogP contribution < -0.4 is 11.1 Å². The van der Waals surface area contributed by atoms with E-state index in [1.54, 1.807) is 0 Å². The van der Waals surface area contributed by atoms with Crippen molar-refractivity contribution in [3.05, 3.63) is 0 Å². The lowest BCUT2D eigenvalue weighted by Crippen LogP contribution is -2.50. The van der Waals surface area contributed by atoms with Gasteiger partial charge in [0.15, 0.2) is 11.8 Å². The molecule has 0 aromatic rings. The number of hydrogen-bond donors (Lipinski definition) is 4. The highest BCUT2D eigenvalue weighted by Crippen LogP contribution is 1.91. The summed E-state index contributed by atoms with van der Waals surface area (Å²) in [6, 6.07) is -2.51. The standard InChI is InChI=1S/C7H12N2O5/c1-3(8)6(12)5(7(13)14)9-2-4(10)11/h3,5,9H,2,8H2,1H3,(H,10,11)(H,13,14). The van der Waals surface area contributed by atoms with Crippen molar-refractivity contribution < 1.29 is 24.6 Å². The number of ketones is 1. The van der Waals surface area contributed by atoms with Gasteiger partial charge in [0.2, 0.25) is 0 Å². The van der Waals surface area contributed by atoms with Crippen LogP contribution in [-0.2, 0) is 14.4 Å². The SMILES string of the molecule is CC(N)C(=O)C(NCC(=O)O)C(=O)O. The van der Waals surface area contributed by atoms with Gasteiger partial charge in [0.05, 0.1) is 12.6 Å². The number of carbonyl (C=O) groups excluding carboxylic acids is 1. The van der Waals surface area contributed by atoms with Gasteiger partial charge in [-0.1, -0.05) is 0 Å². The van der Waals surface area contributed by atoms with Crippen molar-refractivity contribution in [2.45, 2.75) is 19.0 Å². The molecule has 0 aromatic heterocycles. The Labute approximate surface area is 79.9 Å². The van der Waals surface area contributed by atoms with Crippen molar-refractivity contribution in [3.8, 4) is 0 Å². The first kappa shape index (κ1) is 12.5. The van der Waals surface area contributed by atoms with Crippen molar-refractivity contribution >= 4 is 17.7 Å². The van der Waals surface area contributed by atoms with Crippen LogP contribution in [0.15, 0.2) is 0 Å². The average Bonchev–Trinajstić information content (AvgIpc) is 2.02. The van der Waals surface area contributed by atoms with Crippen LogP contribution in [0.1, 0.15) is 6.92 Å². The molecule has 0 bridgehead atoms. The molecule has 0 amide bonds. The van der Waals surface area contributed by atoms with E-state index in [2.05, 4.69) is 5.32 Å². The number of aliphatic carboxylic acids is 2. The van der Waals surface area contributed by atoms with Crippen molar-refractivity contribution in [3.63, 3.8) is 0 Å². The Balaban J connectivity index is 4.37. The van der Waals surface area contributed by atoms with Crippen LogP contribution in [0, 0.1) is 0 Å². The van der Waals surface area contributed by atoms with E-state index in [1.807, 2.05) is 0 Å². The second-order valence-corrected chi connectivity index (χ2v) is 2.74. The quantitative estimate of drug-likeness (QED) is 0.369. The average molecular weight is 204 g/mol. The molecule has 0 fully saturated rings. The van der Waals surface area contributed by atoms with E-state index in [9.17, 15) is 14.4 Å². The third-order valence-electron chi connectivity index (χ3n) is 1.44. The number of rotatable bonds is 6. The Morgan fingerprint density at radius 1 is 1.36 bits per heavy atom. The summed E-state index contributed by atoms with van der Waals surface area (Å²) in [6.07, 6.45) is 0. The highest BCUT2D eigenvalue weighted by molar-refractivity contribution is 6.04. The molecule has 0 radical (unpaired) electrons. The van der Waals surface area contributed by atoms with E-state index < -0.39 is 36.4 Å². The molecule has 0 aliphatic heterocycles. The second kappa shape index (κ2) is 5.30. The van der Waals surface area contributed by atoms with Gasteiger partial charge in [0, 0.05) is 0 Å². The van der Waals surface area contributed by atoms with Crippen LogP contribution in [0.4, 0.5) is 0 Å². The van der Waals surface area contributed by atoms with Gasteiger partial charge in [-0.05, 0) is 6.92 Å². The molecule has 0 aliphatic carbocycles. The lowest BCUT2D eigenvalue weighted by molar-refractivity contribution is -0.144. The van der Waals surface area contributed by atoms with Crippen LogP contribution in [0.2, 0.25) is 0 Å². The minimum atomic E-state index is -1.56.